The number of carbonyl (C=O) groups is 2. The smallest absolute Gasteiger partial charge is 0.270 e. The van der Waals surface area contributed by atoms with Gasteiger partial charge in [-0.25, -0.2) is 0 Å². The third-order valence-corrected chi connectivity index (χ3v) is 4.93. The summed E-state index contributed by atoms with van der Waals surface area (Å²) in [6.45, 7) is 3.57. The van der Waals surface area contributed by atoms with Crippen LogP contribution in [0, 0.1) is 6.92 Å². The molecule has 1 aromatic heterocycles. The number of aromatic nitrogens is 1. The lowest BCUT2D eigenvalue weighted by molar-refractivity contribution is 0.0529. The van der Waals surface area contributed by atoms with Crippen molar-refractivity contribution in [3.05, 3.63) is 63.6 Å². The van der Waals surface area contributed by atoms with Gasteiger partial charge in [0.2, 0.25) is 0 Å². The number of benzene rings is 1. The summed E-state index contributed by atoms with van der Waals surface area (Å²) in [6, 6.07) is 9.85. The predicted octanol–water partition coefficient (Wildman–Crippen LogP) is 1.30. The summed E-state index contributed by atoms with van der Waals surface area (Å²) in [6.07, 6.45) is 0. The standard InChI is InChI=1S/C20H23N3O4/c1-14-12-16(24)13-18(21(14)2)20(26)23-10-8-22(9-11-23)19(25)15-4-6-17(27-3)7-5-15/h4-7,12-13H,8-11H2,1-3H3. The highest BCUT2D eigenvalue weighted by Gasteiger charge is 2.26. The third kappa shape index (κ3) is 3.86. The average molecular weight is 369 g/mol. The van der Waals surface area contributed by atoms with Crippen molar-refractivity contribution < 1.29 is 14.3 Å². The summed E-state index contributed by atoms with van der Waals surface area (Å²) in [5.74, 6) is 0.452. The molecular weight excluding hydrogens is 346 g/mol. The van der Waals surface area contributed by atoms with Crippen LogP contribution in [0.15, 0.2) is 41.2 Å². The number of carbonyl (C=O) groups excluding carboxylic acids is 2. The van der Waals surface area contributed by atoms with Crippen LogP contribution in [0.4, 0.5) is 0 Å². The Hall–Kier alpha value is -3.09. The van der Waals surface area contributed by atoms with Crippen molar-refractivity contribution in [1.82, 2.24) is 14.4 Å². The summed E-state index contributed by atoms with van der Waals surface area (Å²) in [7, 11) is 3.35. The topological polar surface area (TPSA) is 71.8 Å². The van der Waals surface area contributed by atoms with E-state index in [0.717, 1.165) is 5.69 Å². The minimum Gasteiger partial charge on any atom is -0.497 e. The molecule has 0 aliphatic carbocycles. The Morgan fingerprint density at radius 1 is 0.926 bits per heavy atom. The van der Waals surface area contributed by atoms with Gasteiger partial charge in [0.1, 0.15) is 11.4 Å². The highest BCUT2D eigenvalue weighted by atomic mass is 16.5. The Balaban J connectivity index is 1.67. The van der Waals surface area contributed by atoms with Crippen LogP contribution in [-0.2, 0) is 7.05 Å². The van der Waals surface area contributed by atoms with Gasteiger partial charge >= 0.3 is 0 Å². The van der Waals surface area contributed by atoms with Crippen LogP contribution in [-0.4, -0.2) is 59.5 Å². The number of rotatable bonds is 3. The minimum atomic E-state index is -0.185. The summed E-state index contributed by atoms with van der Waals surface area (Å²) < 4.78 is 6.83. The average Bonchev–Trinajstić information content (AvgIpc) is 2.70. The zero-order valence-electron chi connectivity index (χ0n) is 15.8. The van der Waals surface area contributed by atoms with E-state index < -0.39 is 0 Å². The van der Waals surface area contributed by atoms with E-state index in [-0.39, 0.29) is 17.2 Å². The molecule has 0 spiro atoms. The quantitative estimate of drug-likeness (QED) is 0.818. The van der Waals surface area contributed by atoms with E-state index in [9.17, 15) is 14.4 Å². The first-order valence-corrected chi connectivity index (χ1v) is 8.81. The first kappa shape index (κ1) is 18.7. The SMILES string of the molecule is COc1ccc(C(=O)N2CCN(C(=O)c3cc(=O)cc(C)n3C)CC2)cc1. The lowest BCUT2D eigenvalue weighted by Gasteiger charge is -2.35. The molecule has 1 saturated heterocycles. The fourth-order valence-corrected chi connectivity index (χ4v) is 3.16. The summed E-state index contributed by atoms with van der Waals surface area (Å²) in [5, 5.41) is 0. The van der Waals surface area contributed by atoms with Crippen LogP contribution in [0.5, 0.6) is 5.75 Å². The van der Waals surface area contributed by atoms with Crippen molar-refractivity contribution in [2.45, 2.75) is 6.92 Å². The van der Waals surface area contributed by atoms with E-state index in [1.54, 1.807) is 59.7 Å². The molecule has 2 amide bonds. The van der Waals surface area contributed by atoms with E-state index >= 15 is 0 Å². The maximum atomic E-state index is 12.8. The van der Waals surface area contributed by atoms with Crippen LogP contribution in [0.3, 0.4) is 0 Å². The van der Waals surface area contributed by atoms with E-state index in [4.69, 9.17) is 4.74 Å². The second-order valence-electron chi connectivity index (χ2n) is 6.59. The maximum Gasteiger partial charge on any atom is 0.270 e. The van der Waals surface area contributed by atoms with Gasteiger partial charge in [0.05, 0.1) is 7.11 Å². The lowest BCUT2D eigenvalue weighted by Crippen LogP contribution is -2.51. The minimum absolute atomic E-state index is 0.0623. The first-order valence-electron chi connectivity index (χ1n) is 8.81. The zero-order chi connectivity index (χ0) is 19.6. The number of pyridine rings is 1. The molecular formula is C20H23N3O4. The van der Waals surface area contributed by atoms with Crippen LogP contribution in [0.2, 0.25) is 0 Å². The molecule has 0 unspecified atom stereocenters. The normalized spacial score (nSPS) is 14.2. The molecule has 0 atom stereocenters. The highest BCUT2D eigenvalue weighted by molar-refractivity contribution is 5.95. The molecule has 0 radical (unpaired) electrons. The zero-order valence-corrected chi connectivity index (χ0v) is 15.8. The van der Waals surface area contributed by atoms with E-state index in [0.29, 0.717) is 43.2 Å². The molecule has 7 nitrogen and oxygen atoms in total. The van der Waals surface area contributed by atoms with E-state index in [2.05, 4.69) is 0 Å². The van der Waals surface area contributed by atoms with Crippen molar-refractivity contribution in [3.63, 3.8) is 0 Å². The largest absolute Gasteiger partial charge is 0.497 e. The molecule has 3 rings (SSSR count). The van der Waals surface area contributed by atoms with Gasteiger partial charge in [-0.1, -0.05) is 0 Å². The van der Waals surface area contributed by atoms with Gasteiger partial charge in [0, 0.05) is 56.6 Å². The Kier molecular flexibility index (Phi) is 5.30. The Bertz CT molecular complexity index is 910. The van der Waals surface area contributed by atoms with E-state index in [1.165, 1.54) is 12.1 Å². The number of methoxy groups -OCH3 is 1. The van der Waals surface area contributed by atoms with Crippen LogP contribution < -0.4 is 10.2 Å². The van der Waals surface area contributed by atoms with Crippen molar-refractivity contribution >= 4 is 11.8 Å². The Labute approximate surface area is 157 Å². The molecule has 0 bridgehead atoms. The summed E-state index contributed by atoms with van der Waals surface area (Å²) in [5.41, 5.74) is 1.52. The van der Waals surface area contributed by atoms with Gasteiger partial charge in [0.15, 0.2) is 5.43 Å². The summed E-state index contributed by atoms with van der Waals surface area (Å²) in [4.78, 5) is 40.6. The van der Waals surface area contributed by atoms with Gasteiger partial charge in [-0.3, -0.25) is 14.4 Å². The second-order valence-corrected chi connectivity index (χ2v) is 6.59. The molecule has 1 aromatic carbocycles. The molecule has 1 fully saturated rings. The highest BCUT2D eigenvalue weighted by Crippen LogP contribution is 2.15. The van der Waals surface area contributed by atoms with Gasteiger partial charge < -0.3 is 19.1 Å². The molecule has 0 saturated carbocycles. The van der Waals surface area contributed by atoms with E-state index in [1.807, 2.05) is 0 Å². The molecule has 7 heteroatoms. The summed E-state index contributed by atoms with van der Waals surface area (Å²) >= 11 is 0. The van der Waals surface area contributed by atoms with Crippen molar-refractivity contribution in [3.8, 4) is 5.75 Å². The van der Waals surface area contributed by atoms with Crippen molar-refractivity contribution in [2.24, 2.45) is 7.05 Å². The lowest BCUT2D eigenvalue weighted by atomic mass is 10.1. The van der Waals surface area contributed by atoms with Gasteiger partial charge in [-0.2, -0.15) is 0 Å². The number of aryl methyl sites for hydroxylation is 1. The number of amides is 2. The number of ether oxygens (including phenoxy) is 1. The monoisotopic (exact) mass is 369 g/mol. The number of hydrogen-bond donors (Lipinski definition) is 0. The number of piperazine rings is 1. The van der Waals surface area contributed by atoms with Crippen LogP contribution in [0.25, 0.3) is 0 Å². The fourth-order valence-electron chi connectivity index (χ4n) is 3.16. The van der Waals surface area contributed by atoms with Gasteiger partial charge in [-0.05, 0) is 31.2 Å². The molecule has 1 aliphatic rings. The third-order valence-electron chi connectivity index (χ3n) is 4.93. The molecule has 2 aromatic rings. The molecule has 1 aliphatic heterocycles. The van der Waals surface area contributed by atoms with Crippen LogP contribution >= 0.6 is 0 Å². The van der Waals surface area contributed by atoms with Gasteiger partial charge in [0.25, 0.3) is 11.8 Å². The number of nitrogens with zero attached hydrogens (tertiary/aromatic N) is 3. The molecule has 142 valence electrons. The maximum absolute atomic E-state index is 12.8. The molecule has 2 heterocycles. The van der Waals surface area contributed by atoms with Crippen molar-refractivity contribution in [1.29, 1.82) is 0 Å². The molecule has 0 N–H and O–H groups in total. The van der Waals surface area contributed by atoms with Gasteiger partial charge in [-0.15, -0.1) is 0 Å². The Morgan fingerprint density at radius 3 is 2.04 bits per heavy atom. The first-order chi connectivity index (χ1) is 12.9. The predicted molar refractivity (Wildman–Crippen MR) is 101 cm³/mol. The second kappa shape index (κ2) is 7.65. The fraction of sp³-hybridized carbons (Fsp3) is 0.350. The van der Waals surface area contributed by atoms with Crippen LogP contribution in [0.1, 0.15) is 26.5 Å². The van der Waals surface area contributed by atoms with Crippen molar-refractivity contribution in [2.75, 3.05) is 33.3 Å². The molecule has 27 heavy (non-hydrogen) atoms. The Morgan fingerprint density at radius 2 is 1.48 bits per heavy atom. The number of hydrogen-bond acceptors (Lipinski definition) is 4.